The smallest absolute Gasteiger partial charge is 0.429 e. The van der Waals surface area contributed by atoms with Gasteiger partial charge >= 0.3 is 6.16 Å². The molecule has 5 heteroatoms. The highest BCUT2D eigenvalue weighted by Crippen LogP contribution is 2.25. The van der Waals surface area contributed by atoms with Crippen molar-refractivity contribution in [3.05, 3.63) is 54.1 Å². The van der Waals surface area contributed by atoms with Gasteiger partial charge in [-0.2, -0.15) is 0 Å². The summed E-state index contributed by atoms with van der Waals surface area (Å²) in [7, 11) is 1.86. The van der Waals surface area contributed by atoms with E-state index in [2.05, 4.69) is 4.98 Å². The van der Waals surface area contributed by atoms with Crippen LogP contribution in [0.15, 0.2) is 42.7 Å². The molecule has 1 heterocycles. The van der Waals surface area contributed by atoms with Crippen molar-refractivity contribution in [3.8, 4) is 0 Å². The predicted molar refractivity (Wildman–Crippen MR) is 78.8 cm³/mol. The van der Waals surface area contributed by atoms with Crippen LogP contribution in [0.1, 0.15) is 38.3 Å². The highest BCUT2D eigenvalue weighted by molar-refractivity contribution is 5.61. The molecule has 1 aromatic heterocycles. The third kappa shape index (κ3) is 4.08. The lowest BCUT2D eigenvalue weighted by atomic mass is 10.1. The van der Waals surface area contributed by atoms with E-state index in [0.717, 1.165) is 5.56 Å². The molecule has 0 aliphatic heterocycles. The normalized spacial score (nSPS) is 12.8. The third-order valence-corrected chi connectivity index (χ3v) is 2.80. The summed E-state index contributed by atoms with van der Waals surface area (Å²) < 4.78 is 12.5. The van der Waals surface area contributed by atoms with Crippen LogP contribution in [0.3, 0.4) is 0 Å². The standard InChI is InChI=1S/C16H20N2O3/c1-16(2,3)21-15(19)20-13(12-8-6-5-7-9-12)14-17-10-11-18(14)4/h5-11,13H,1-4H3. The summed E-state index contributed by atoms with van der Waals surface area (Å²) in [6.07, 6.45) is 2.17. The zero-order valence-electron chi connectivity index (χ0n) is 12.7. The summed E-state index contributed by atoms with van der Waals surface area (Å²) in [4.78, 5) is 16.2. The lowest BCUT2D eigenvalue weighted by Crippen LogP contribution is -2.26. The molecule has 21 heavy (non-hydrogen) atoms. The molecule has 0 radical (unpaired) electrons. The summed E-state index contributed by atoms with van der Waals surface area (Å²) in [6.45, 7) is 5.39. The summed E-state index contributed by atoms with van der Waals surface area (Å²) in [5.41, 5.74) is 0.248. The zero-order chi connectivity index (χ0) is 15.5. The quantitative estimate of drug-likeness (QED) is 0.812. The molecule has 0 spiro atoms. The molecular formula is C16H20N2O3. The van der Waals surface area contributed by atoms with Crippen LogP contribution in [0, 0.1) is 0 Å². The number of imidazole rings is 1. The van der Waals surface area contributed by atoms with E-state index in [1.165, 1.54) is 0 Å². The Morgan fingerprint density at radius 3 is 2.43 bits per heavy atom. The third-order valence-electron chi connectivity index (χ3n) is 2.80. The van der Waals surface area contributed by atoms with Crippen LogP contribution in [0.25, 0.3) is 0 Å². The number of hydrogen-bond donors (Lipinski definition) is 0. The summed E-state index contributed by atoms with van der Waals surface area (Å²) in [5.74, 6) is 0.645. The first kappa shape index (κ1) is 15.1. The highest BCUT2D eigenvalue weighted by atomic mass is 16.7. The predicted octanol–water partition coefficient (Wildman–Crippen LogP) is 3.46. The van der Waals surface area contributed by atoms with Crippen molar-refractivity contribution in [1.29, 1.82) is 0 Å². The molecule has 0 aliphatic carbocycles. The number of carbonyl (C=O) groups is 1. The molecule has 0 saturated heterocycles. The maximum Gasteiger partial charge on any atom is 0.509 e. The maximum absolute atomic E-state index is 12.0. The lowest BCUT2D eigenvalue weighted by molar-refractivity contribution is -0.0218. The number of benzene rings is 1. The fourth-order valence-electron chi connectivity index (χ4n) is 1.90. The fourth-order valence-corrected chi connectivity index (χ4v) is 1.90. The van der Waals surface area contributed by atoms with Gasteiger partial charge in [0.1, 0.15) is 5.60 Å². The van der Waals surface area contributed by atoms with Crippen LogP contribution in [0.5, 0.6) is 0 Å². The second-order valence-corrected chi connectivity index (χ2v) is 5.77. The first-order valence-corrected chi connectivity index (χ1v) is 6.78. The second-order valence-electron chi connectivity index (χ2n) is 5.77. The van der Waals surface area contributed by atoms with Crippen molar-refractivity contribution in [3.63, 3.8) is 0 Å². The van der Waals surface area contributed by atoms with Gasteiger partial charge in [0, 0.05) is 25.0 Å². The van der Waals surface area contributed by atoms with Crippen molar-refractivity contribution < 1.29 is 14.3 Å². The van der Waals surface area contributed by atoms with Crippen LogP contribution in [0.4, 0.5) is 4.79 Å². The minimum Gasteiger partial charge on any atom is -0.429 e. The molecule has 2 aromatic rings. The van der Waals surface area contributed by atoms with Gasteiger partial charge in [-0.1, -0.05) is 30.3 Å². The number of ether oxygens (including phenoxy) is 2. The Bertz CT molecular complexity index is 599. The van der Waals surface area contributed by atoms with Crippen molar-refractivity contribution in [2.45, 2.75) is 32.5 Å². The Balaban J connectivity index is 2.26. The first-order valence-electron chi connectivity index (χ1n) is 6.78. The van der Waals surface area contributed by atoms with Crippen molar-refractivity contribution in [2.75, 3.05) is 0 Å². The van der Waals surface area contributed by atoms with Crippen LogP contribution < -0.4 is 0 Å². The van der Waals surface area contributed by atoms with E-state index in [-0.39, 0.29) is 0 Å². The van der Waals surface area contributed by atoms with Crippen LogP contribution in [0.2, 0.25) is 0 Å². The van der Waals surface area contributed by atoms with Crippen molar-refractivity contribution in [1.82, 2.24) is 9.55 Å². The molecule has 0 N–H and O–H groups in total. The molecule has 112 valence electrons. The number of rotatable bonds is 3. The molecule has 0 fully saturated rings. The largest absolute Gasteiger partial charge is 0.509 e. The van der Waals surface area contributed by atoms with Gasteiger partial charge in [0.25, 0.3) is 0 Å². The van der Waals surface area contributed by atoms with E-state index in [9.17, 15) is 4.79 Å². The highest BCUT2D eigenvalue weighted by Gasteiger charge is 2.26. The van der Waals surface area contributed by atoms with Gasteiger partial charge in [-0.25, -0.2) is 9.78 Å². The molecule has 5 nitrogen and oxygen atoms in total. The molecule has 0 aliphatic rings. The average molecular weight is 288 g/mol. The molecule has 0 bridgehead atoms. The number of hydrogen-bond acceptors (Lipinski definition) is 4. The van der Waals surface area contributed by atoms with Gasteiger partial charge in [0.05, 0.1) is 0 Å². The lowest BCUT2D eigenvalue weighted by Gasteiger charge is -2.22. The SMILES string of the molecule is Cn1ccnc1C(OC(=O)OC(C)(C)C)c1ccccc1. The van der Waals surface area contributed by atoms with Gasteiger partial charge in [-0.3, -0.25) is 0 Å². The minimum absolute atomic E-state index is 0.596. The van der Waals surface area contributed by atoms with Gasteiger partial charge in [0.2, 0.25) is 0 Å². The average Bonchev–Trinajstić information content (AvgIpc) is 2.81. The van der Waals surface area contributed by atoms with E-state index in [0.29, 0.717) is 5.82 Å². The molecule has 0 saturated carbocycles. The topological polar surface area (TPSA) is 53.4 Å². The first-order chi connectivity index (χ1) is 9.87. The summed E-state index contributed by atoms with van der Waals surface area (Å²) in [5, 5.41) is 0. The Labute approximate surface area is 124 Å². The monoisotopic (exact) mass is 288 g/mol. The van der Waals surface area contributed by atoms with Gasteiger partial charge in [-0.15, -0.1) is 0 Å². The van der Waals surface area contributed by atoms with E-state index in [4.69, 9.17) is 9.47 Å². The Morgan fingerprint density at radius 1 is 1.24 bits per heavy atom. The van der Waals surface area contributed by atoms with E-state index >= 15 is 0 Å². The molecular weight excluding hydrogens is 268 g/mol. The molecule has 1 atom stereocenters. The number of nitrogens with zero attached hydrogens (tertiary/aromatic N) is 2. The molecule has 1 unspecified atom stereocenters. The molecule has 2 rings (SSSR count). The van der Waals surface area contributed by atoms with E-state index in [1.54, 1.807) is 27.0 Å². The van der Waals surface area contributed by atoms with Gasteiger partial charge in [0.15, 0.2) is 11.9 Å². The van der Waals surface area contributed by atoms with Crippen molar-refractivity contribution in [2.24, 2.45) is 7.05 Å². The summed E-state index contributed by atoms with van der Waals surface area (Å²) >= 11 is 0. The number of carbonyl (C=O) groups excluding carboxylic acids is 1. The van der Waals surface area contributed by atoms with E-state index in [1.807, 2.05) is 48.1 Å². The van der Waals surface area contributed by atoms with Crippen LogP contribution >= 0.6 is 0 Å². The number of aromatic nitrogens is 2. The maximum atomic E-state index is 12.0. The number of aryl methyl sites for hydroxylation is 1. The van der Waals surface area contributed by atoms with Crippen LogP contribution in [-0.4, -0.2) is 21.3 Å². The Hall–Kier alpha value is -2.30. The molecule has 0 amide bonds. The van der Waals surface area contributed by atoms with Crippen LogP contribution in [-0.2, 0) is 16.5 Å². The second kappa shape index (κ2) is 5.99. The fraction of sp³-hybridized carbons (Fsp3) is 0.375. The molecule has 1 aromatic carbocycles. The Morgan fingerprint density at radius 2 is 1.90 bits per heavy atom. The van der Waals surface area contributed by atoms with Gasteiger partial charge in [-0.05, 0) is 20.8 Å². The zero-order valence-corrected chi connectivity index (χ0v) is 12.7. The van der Waals surface area contributed by atoms with E-state index < -0.39 is 17.9 Å². The van der Waals surface area contributed by atoms with Gasteiger partial charge < -0.3 is 14.0 Å². The summed E-state index contributed by atoms with van der Waals surface area (Å²) in [6, 6.07) is 9.48. The Kier molecular flexibility index (Phi) is 4.31. The minimum atomic E-state index is -0.709. The van der Waals surface area contributed by atoms with Crippen molar-refractivity contribution >= 4 is 6.16 Å².